The quantitative estimate of drug-likeness (QED) is 0.611. The molecule has 3 heterocycles. The van der Waals surface area contributed by atoms with E-state index in [-0.39, 0.29) is 17.4 Å². The van der Waals surface area contributed by atoms with Gasteiger partial charge in [0.2, 0.25) is 0 Å². The number of hydrogen-bond donors (Lipinski definition) is 1. The van der Waals surface area contributed by atoms with Gasteiger partial charge in [-0.3, -0.25) is 9.78 Å². The summed E-state index contributed by atoms with van der Waals surface area (Å²) in [6.45, 7) is 0.334. The maximum Gasteiger partial charge on any atom is 0.272 e. The molecular formula is C18H13FN6O. The van der Waals surface area contributed by atoms with Gasteiger partial charge in [-0.2, -0.15) is 9.61 Å². The van der Waals surface area contributed by atoms with Crippen molar-refractivity contribution >= 4 is 11.6 Å². The molecule has 0 unspecified atom stereocenters. The number of fused-ring (bicyclic) bond motifs is 1. The van der Waals surface area contributed by atoms with Crippen LogP contribution in [0.15, 0.2) is 61.2 Å². The minimum absolute atomic E-state index is 0.209. The highest BCUT2D eigenvalue weighted by atomic mass is 19.1. The largest absolute Gasteiger partial charge is 0.347 e. The number of halogens is 1. The summed E-state index contributed by atoms with van der Waals surface area (Å²) in [6, 6.07) is 11.2. The molecule has 0 fully saturated rings. The Hall–Kier alpha value is -3.68. The second kappa shape index (κ2) is 6.67. The summed E-state index contributed by atoms with van der Waals surface area (Å²) in [6.07, 6.45) is 4.77. The van der Waals surface area contributed by atoms with Gasteiger partial charge >= 0.3 is 0 Å². The van der Waals surface area contributed by atoms with Gasteiger partial charge in [0.1, 0.15) is 17.8 Å². The minimum atomic E-state index is -0.340. The first kappa shape index (κ1) is 15.8. The van der Waals surface area contributed by atoms with Crippen LogP contribution in [0.5, 0.6) is 0 Å². The molecule has 0 radical (unpaired) electrons. The lowest BCUT2D eigenvalue weighted by Gasteiger charge is -2.08. The SMILES string of the molecule is O=C(NCc1cccnc1)c1cc(-c2ccc(F)cc2)c2nncn2n1. The topological polar surface area (TPSA) is 85.1 Å². The standard InChI is InChI=1S/C18H13FN6O/c19-14-5-3-13(4-6-14)15-8-16(24-25-11-22-23-17(15)25)18(26)21-10-12-2-1-7-20-9-12/h1-9,11H,10H2,(H,21,26). The van der Waals surface area contributed by atoms with Crippen LogP contribution in [0.1, 0.15) is 16.1 Å². The Morgan fingerprint density at radius 3 is 2.81 bits per heavy atom. The summed E-state index contributed by atoms with van der Waals surface area (Å²) in [7, 11) is 0. The molecular weight excluding hydrogens is 335 g/mol. The Morgan fingerprint density at radius 2 is 2.04 bits per heavy atom. The molecule has 7 nitrogen and oxygen atoms in total. The summed E-state index contributed by atoms with van der Waals surface area (Å²) in [5, 5.41) is 14.9. The number of carbonyl (C=O) groups is 1. The van der Waals surface area contributed by atoms with Crippen molar-refractivity contribution in [1.29, 1.82) is 0 Å². The molecule has 4 rings (SSSR count). The van der Waals surface area contributed by atoms with Crippen LogP contribution in [0.4, 0.5) is 4.39 Å². The number of benzene rings is 1. The summed E-state index contributed by atoms with van der Waals surface area (Å²) >= 11 is 0. The molecule has 0 saturated heterocycles. The van der Waals surface area contributed by atoms with Crippen LogP contribution in [0.2, 0.25) is 0 Å². The fraction of sp³-hybridized carbons (Fsp3) is 0.0556. The molecule has 3 aromatic heterocycles. The normalized spacial score (nSPS) is 10.8. The maximum absolute atomic E-state index is 13.2. The second-order valence-corrected chi connectivity index (χ2v) is 5.59. The number of nitrogens with one attached hydrogen (secondary N) is 1. The van der Waals surface area contributed by atoms with Gasteiger partial charge < -0.3 is 5.32 Å². The van der Waals surface area contributed by atoms with E-state index in [0.29, 0.717) is 23.3 Å². The molecule has 26 heavy (non-hydrogen) atoms. The van der Waals surface area contributed by atoms with E-state index in [0.717, 1.165) is 5.56 Å². The van der Waals surface area contributed by atoms with Gasteiger partial charge in [-0.25, -0.2) is 4.39 Å². The van der Waals surface area contributed by atoms with E-state index in [4.69, 9.17) is 0 Å². The van der Waals surface area contributed by atoms with Crippen molar-refractivity contribution < 1.29 is 9.18 Å². The fourth-order valence-corrected chi connectivity index (χ4v) is 2.56. The molecule has 0 saturated carbocycles. The number of rotatable bonds is 4. The molecule has 8 heteroatoms. The Balaban J connectivity index is 1.67. The monoisotopic (exact) mass is 348 g/mol. The molecule has 1 amide bonds. The predicted octanol–water partition coefficient (Wildman–Crippen LogP) is 2.26. The third kappa shape index (κ3) is 3.12. The molecule has 4 aromatic rings. The lowest BCUT2D eigenvalue weighted by molar-refractivity contribution is 0.0944. The minimum Gasteiger partial charge on any atom is -0.347 e. The number of nitrogens with zero attached hydrogens (tertiary/aromatic N) is 5. The van der Waals surface area contributed by atoms with Crippen LogP contribution in [-0.2, 0) is 6.54 Å². The molecule has 1 aromatic carbocycles. The first-order valence-electron chi connectivity index (χ1n) is 7.85. The van der Waals surface area contributed by atoms with E-state index in [9.17, 15) is 9.18 Å². The smallest absolute Gasteiger partial charge is 0.272 e. The number of pyridine rings is 1. The highest BCUT2D eigenvalue weighted by Crippen LogP contribution is 2.24. The lowest BCUT2D eigenvalue weighted by Crippen LogP contribution is -2.24. The lowest BCUT2D eigenvalue weighted by atomic mass is 10.1. The van der Waals surface area contributed by atoms with Gasteiger partial charge in [0.05, 0.1) is 0 Å². The summed E-state index contributed by atoms with van der Waals surface area (Å²) < 4.78 is 14.6. The van der Waals surface area contributed by atoms with Gasteiger partial charge in [-0.1, -0.05) is 18.2 Å². The average Bonchev–Trinajstić information content (AvgIpc) is 3.15. The molecule has 0 spiro atoms. The van der Waals surface area contributed by atoms with Crippen LogP contribution in [0.3, 0.4) is 0 Å². The van der Waals surface area contributed by atoms with Crippen LogP contribution in [-0.4, -0.2) is 30.7 Å². The van der Waals surface area contributed by atoms with E-state index in [1.54, 1.807) is 36.7 Å². The first-order chi connectivity index (χ1) is 12.7. The third-order valence-corrected chi connectivity index (χ3v) is 3.83. The van der Waals surface area contributed by atoms with Gasteiger partial charge in [-0.15, -0.1) is 10.2 Å². The summed E-state index contributed by atoms with van der Waals surface area (Å²) in [5.74, 6) is -0.678. The van der Waals surface area contributed by atoms with Crippen molar-refractivity contribution in [3.05, 3.63) is 78.3 Å². The average molecular weight is 348 g/mol. The highest BCUT2D eigenvalue weighted by molar-refractivity contribution is 5.94. The summed E-state index contributed by atoms with van der Waals surface area (Å²) in [5.41, 5.74) is 2.93. The highest BCUT2D eigenvalue weighted by Gasteiger charge is 2.15. The van der Waals surface area contributed by atoms with Gasteiger partial charge in [0.15, 0.2) is 5.65 Å². The molecule has 128 valence electrons. The van der Waals surface area contributed by atoms with Crippen molar-refractivity contribution in [2.24, 2.45) is 0 Å². The van der Waals surface area contributed by atoms with E-state index in [1.165, 1.54) is 23.0 Å². The molecule has 0 aliphatic carbocycles. The summed E-state index contributed by atoms with van der Waals surface area (Å²) in [4.78, 5) is 16.5. The molecule has 0 atom stereocenters. The van der Waals surface area contributed by atoms with Gasteiger partial charge in [-0.05, 0) is 35.4 Å². The van der Waals surface area contributed by atoms with Crippen LogP contribution >= 0.6 is 0 Å². The molecule has 0 aliphatic heterocycles. The van der Waals surface area contributed by atoms with Crippen molar-refractivity contribution in [2.45, 2.75) is 6.54 Å². The zero-order valence-electron chi connectivity index (χ0n) is 13.5. The van der Waals surface area contributed by atoms with Crippen LogP contribution < -0.4 is 5.32 Å². The first-order valence-corrected chi connectivity index (χ1v) is 7.85. The number of hydrogen-bond acceptors (Lipinski definition) is 5. The Morgan fingerprint density at radius 1 is 1.19 bits per heavy atom. The number of aromatic nitrogens is 5. The number of amides is 1. The zero-order valence-corrected chi connectivity index (χ0v) is 13.5. The van der Waals surface area contributed by atoms with E-state index in [2.05, 4.69) is 25.6 Å². The Labute approximate surface area is 147 Å². The van der Waals surface area contributed by atoms with Gasteiger partial charge in [0.25, 0.3) is 5.91 Å². The molecule has 0 bridgehead atoms. The fourth-order valence-electron chi connectivity index (χ4n) is 2.56. The maximum atomic E-state index is 13.2. The van der Waals surface area contributed by atoms with Crippen LogP contribution in [0.25, 0.3) is 16.8 Å². The Kier molecular flexibility index (Phi) is 4.06. The second-order valence-electron chi connectivity index (χ2n) is 5.59. The van der Waals surface area contributed by atoms with Crippen molar-refractivity contribution in [1.82, 2.24) is 30.1 Å². The van der Waals surface area contributed by atoms with Crippen molar-refractivity contribution in [2.75, 3.05) is 0 Å². The molecule has 1 N–H and O–H groups in total. The zero-order chi connectivity index (χ0) is 17.9. The predicted molar refractivity (Wildman–Crippen MR) is 91.6 cm³/mol. The third-order valence-electron chi connectivity index (χ3n) is 3.83. The van der Waals surface area contributed by atoms with Crippen LogP contribution in [0, 0.1) is 5.82 Å². The van der Waals surface area contributed by atoms with E-state index in [1.807, 2.05) is 6.07 Å². The van der Waals surface area contributed by atoms with Crippen molar-refractivity contribution in [3.63, 3.8) is 0 Å². The Bertz CT molecular complexity index is 1060. The van der Waals surface area contributed by atoms with Gasteiger partial charge in [0, 0.05) is 24.5 Å². The molecule has 0 aliphatic rings. The number of carbonyl (C=O) groups excluding carboxylic acids is 1. The van der Waals surface area contributed by atoms with Crippen molar-refractivity contribution in [3.8, 4) is 11.1 Å². The van der Waals surface area contributed by atoms with E-state index >= 15 is 0 Å². The van der Waals surface area contributed by atoms with E-state index < -0.39 is 0 Å².